The molecule has 106 valence electrons. The fraction of sp³-hybridized carbons (Fsp3) is 0.200. The van der Waals surface area contributed by atoms with Crippen LogP contribution in [0.25, 0.3) is 21.9 Å². The Morgan fingerprint density at radius 2 is 1.52 bits per heavy atom. The summed E-state index contributed by atoms with van der Waals surface area (Å²) in [6.45, 7) is 6.29. The summed E-state index contributed by atoms with van der Waals surface area (Å²) >= 11 is 0. The molecule has 0 N–H and O–H groups in total. The third-order valence-electron chi connectivity index (χ3n) is 3.66. The third kappa shape index (κ3) is 2.64. The minimum absolute atomic E-state index is 0.168. The van der Waals surface area contributed by atoms with Gasteiger partial charge < -0.3 is 4.74 Å². The van der Waals surface area contributed by atoms with Crippen LogP contribution in [0.5, 0.6) is 5.75 Å². The van der Waals surface area contributed by atoms with Crippen LogP contribution >= 0.6 is 0 Å². The van der Waals surface area contributed by atoms with Gasteiger partial charge in [0, 0.05) is 5.56 Å². The summed E-state index contributed by atoms with van der Waals surface area (Å²) in [5, 5.41) is 2.54. The first-order valence-electron chi connectivity index (χ1n) is 7.41. The SMILES string of the molecule is Cc1ccc2ccccc2c1-c1ccccc1OC(C)C. The largest absolute Gasteiger partial charge is 0.490 e. The number of ether oxygens (including phenoxy) is 1. The molecule has 0 atom stereocenters. The maximum absolute atomic E-state index is 6.00. The molecule has 0 fully saturated rings. The van der Waals surface area contributed by atoms with Gasteiger partial charge >= 0.3 is 0 Å². The van der Waals surface area contributed by atoms with E-state index in [9.17, 15) is 0 Å². The molecule has 0 aliphatic carbocycles. The number of hydrogen-bond donors (Lipinski definition) is 0. The van der Waals surface area contributed by atoms with Crippen molar-refractivity contribution in [2.45, 2.75) is 26.9 Å². The molecule has 1 heteroatoms. The van der Waals surface area contributed by atoms with Gasteiger partial charge in [-0.3, -0.25) is 0 Å². The van der Waals surface area contributed by atoms with Gasteiger partial charge in [-0.25, -0.2) is 0 Å². The van der Waals surface area contributed by atoms with E-state index in [4.69, 9.17) is 4.74 Å². The van der Waals surface area contributed by atoms with Gasteiger partial charge in [0.05, 0.1) is 6.10 Å². The second-order valence-electron chi connectivity index (χ2n) is 5.64. The lowest BCUT2D eigenvalue weighted by atomic mass is 9.93. The van der Waals surface area contributed by atoms with Crippen LogP contribution < -0.4 is 4.74 Å². The van der Waals surface area contributed by atoms with Crippen molar-refractivity contribution < 1.29 is 4.74 Å². The van der Waals surface area contributed by atoms with Crippen LogP contribution in [0, 0.1) is 6.92 Å². The lowest BCUT2D eigenvalue weighted by Crippen LogP contribution is -2.06. The van der Waals surface area contributed by atoms with Gasteiger partial charge in [0.1, 0.15) is 5.75 Å². The average molecular weight is 276 g/mol. The van der Waals surface area contributed by atoms with Gasteiger partial charge in [-0.15, -0.1) is 0 Å². The van der Waals surface area contributed by atoms with Crippen molar-refractivity contribution in [1.82, 2.24) is 0 Å². The lowest BCUT2D eigenvalue weighted by Gasteiger charge is -2.17. The molecule has 0 saturated carbocycles. The van der Waals surface area contributed by atoms with Crippen molar-refractivity contribution in [3.8, 4) is 16.9 Å². The lowest BCUT2D eigenvalue weighted by molar-refractivity contribution is 0.243. The summed E-state index contributed by atoms with van der Waals surface area (Å²) in [4.78, 5) is 0. The maximum Gasteiger partial charge on any atom is 0.127 e. The minimum Gasteiger partial charge on any atom is -0.490 e. The zero-order valence-corrected chi connectivity index (χ0v) is 12.8. The van der Waals surface area contributed by atoms with Crippen LogP contribution in [0.15, 0.2) is 60.7 Å². The summed E-state index contributed by atoms with van der Waals surface area (Å²) in [6, 6.07) is 21.2. The molecule has 1 nitrogen and oxygen atoms in total. The van der Waals surface area contributed by atoms with Crippen molar-refractivity contribution in [1.29, 1.82) is 0 Å². The van der Waals surface area contributed by atoms with Crippen molar-refractivity contribution in [3.63, 3.8) is 0 Å². The minimum atomic E-state index is 0.168. The number of rotatable bonds is 3. The van der Waals surface area contributed by atoms with E-state index in [1.165, 1.54) is 27.5 Å². The van der Waals surface area contributed by atoms with Crippen molar-refractivity contribution in [3.05, 3.63) is 66.2 Å². The van der Waals surface area contributed by atoms with Crippen LogP contribution in [0.4, 0.5) is 0 Å². The van der Waals surface area contributed by atoms with E-state index in [0.717, 1.165) is 5.75 Å². The Bertz CT molecular complexity index is 772. The smallest absolute Gasteiger partial charge is 0.127 e. The first-order chi connectivity index (χ1) is 10.2. The van der Waals surface area contributed by atoms with Crippen LogP contribution in [0.1, 0.15) is 19.4 Å². The standard InChI is InChI=1S/C20H20O/c1-14(2)21-19-11-7-6-10-18(19)20-15(3)12-13-16-8-4-5-9-17(16)20/h4-14H,1-3H3. The Morgan fingerprint density at radius 3 is 2.33 bits per heavy atom. The Hall–Kier alpha value is -2.28. The monoisotopic (exact) mass is 276 g/mol. The van der Waals surface area contributed by atoms with Crippen LogP contribution in [0.2, 0.25) is 0 Å². The number of fused-ring (bicyclic) bond motifs is 1. The zero-order chi connectivity index (χ0) is 14.8. The van der Waals surface area contributed by atoms with E-state index in [1.54, 1.807) is 0 Å². The molecule has 21 heavy (non-hydrogen) atoms. The van der Waals surface area contributed by atoms with Gasteiger partial charge in [0.15, 0.2) is 0 Å². The molecule has 0 radical (unpaired) electrons. The summed E-state index contributed by atoms with van der Waals surface area (Å²) in [5.41, 5.74) is 3.71. The molecule has 0 unspecified atom stereocenters. The van der Waals surface area contributed by atoms with E-state index in [2.05, 4.69) is 75.4 Å². The topological polar surface area (TPSA) is 9.23 Å². The second-order valence-corrected chi connectivity index (χ2v) is 5.64. The summed E-state index contributed by atoms with van der Waals surface area (Å²) in [6.07, 6.45) is 0.168. The van der Waals surface area contributed by atoms with Gasteiger partial charge in [-0.05, 0) is 48.7 Å². The predicted molar refractivity (Wildman–Crippen MR) is 89.9 cm³/mol. The fourth-order valence-corrected chi connectivity index (χ4v) is 2.77. The highest BCUT2D eigenvalue weighted by Gasteiger charge is 2.12. The summed E-state index contributed by atoms with van der Waals surface area (Å²) < 4.78 is 6.00. The molecule has 3 aromatic rings. The highest BCUT2D eigenvalue weighted by Crippen LogP contribution is 2.37. The quantitative estimate of drug-likeness (QED) is 0.604. The van der Waals surface area contributed by atoms with Crippen LogP contribution in [-0.4, -0.2) is 6.10 Å². The molecule has 3 aromatic carbocycles. The first-order valence-corrected chi connectivity index (χ1v) is 7.41. The maximum atomic E-state index is 6.00. The van der Waals surface area contributed by atoms with Crippen molar-refractivity contribution in [2.24, 2.45) is 0 Å². The molecule has 0 spiro atoms. The summed E-state index contributed by atoms with van der Waals surface area (Å²) in [7, 11) is 0. The Kier molecular flexibility index (Phi) is 3.66. The molecule has 0 heterocycles. The number of benzene rings is 3. The molecule has 0 saturated heterocycles. The molecule has 0 aromatic heterocycles. The highest BCUT2D eigenvalue weighted by atomic mass is 16.5. The van der Waals surface area contributed by atoms with E-state index in [-0.39, 0.29) is 6.10 Å². The zero-order valence-electron chi connectivity index (χ0n) is 12.8. The van der Waals surface area contributed by atoms with E-state index in [1.807, 2.05) is 6.07 Å². The molecule has 0 amide bonds. The molecular formula is C20H20O. The average Bonchev–Trinajstić information content (AvgIpc) is 2.48. The Labute approximate surface area is 126 Å². The molecule has 0 aliphatic rings. The van der Waals surface area contributed by atoms with Gasteiger partial charge in [-0.1, -0.05) is 54.6 Å². The number of aryl methyl sites for hydroxylation is 1. The Balaban J connectivity index is 2.28. The fourth-order valence-electron chi connectivity index (χ4n) is 2.77. The normalized spacial score (nSPS) is 11.0. The Morgan fingerprint density at radius 1 is 0.810 bits per heavy atom. The molecule has 3 rings (SSSR count). The van der Waals surface area contributed by atoms with E-state index >= 15 is 0 Å². The van der Waals surface area contributed by atoms with Crippen molar-refractivity contribution in [2.75, 3.05) is 0 Å². The first kappa shape index (κ1) is 13.7. The van der Waals surface area contributed by atoms with Gasteiger partial charge in [-0.2, -0.15) is 0 Å². The number of hydrogen-bond acceptors (Lipinski definition) is 1. The highest BCUT2D eigenvalue weighted by molar-refractivity contribution is 5.99. The summed E-state index contributed by atoms with van der Waals surface area (Å²) in [5.74, 6) is 0.951. The van der Waals surface area contributed by atoms with Crippen LogP contribution in [0.3, 0.4) is 0 Å². The third-order valence-corrected chi connectivity index (χ3v) is 3.66. The van der Waals surface area contributed by atoms with E-state index in [0.29, 0.717) is 0 Å². The second kappa shape index (κ2) is 5.61. The van der Waals surface area contributed by atoms with Crippen molar-refractivity contribution >= 4 is 10.8 Å². The molecular weight excluding hydrogens is 256 g/mol. The molecule has 0 aliphatic heterocycles. The van der Waals surface area contributed by atoms with Crippen LogP contribution in [-0.2, 0) is 0 Å². The van der Waals surface area contributed by atoms with E-state index < -0.39 is 0 Å². The van der Waals surface area contributed by atoms with Gasteiger partial charge in [0.25, 0.3) is 0 Å². The molecule has 0 bridgehead atoms. The predicted octanol–water partition coefficient (Wildman–Crippen LogP) is 5.60. The number of para-hydroxylation sites is 1. The van der Waals surface area contributed by atoms with Gasteiger partial charge in [0.2, 0.25) is 0 Å².